The Hall–Kier alpha value is -5.76. The molecule has 0 N–H and O–H groups in total. The van der Waals surface area contributed by atoms with Crippen LogP contribution in [0.15, 0.2) is 169 Å². The van der Waals surface area contributed by atoms with Crippen LogP contribution >= 0.6 is 11.3 Å². The molecular weight excluding hydrogens is 645 g/mol. The van der Waals surface area contributed by atoms with Crippen LogP contribution in [0.4, 0.5) is 0 Å². The van der Waals surface area contributed by atoms with E-state index >= 15 is 0 Å². The van der Waals surface area contributed by atoms with Gasteiger partial charge < -0.3 is 0 Å². The van der Waals surface area contributed by atoms with Crippen molar-refractivity contribution in [1.82, 2.24) is 0 Å². The van der Waals surface area contributed by atoms with Crippen molar-refractivity contribution in [2.45, 2.75) is 31.6 Å². The number of thiophene rings is 1. The molecule has 1 heterocycles. The molecule has 0 spiro atoms. The first-order valence-corrected chi connectivity index (χ1v) is 19.3. The Kier molecular flexibility index (Phi) is 6.40. The lowest BCUT2D eigenvalue weighted by Crippen LogP contribution is -2.17. The van der Waals surface area contributed by atoms with Crippen molar-refractivity contribution < 1.29 is 0 Å². The van der Waals surface area contributed by atoms with Crippen molar-refractivity contribution >= 4 is 69.4 Å². The minimum atomic E-state index is 0.00320. The topological polar surface area (TPSA) is 0 Å². The molecule has 0 amide bonds. The van der Waals surface area contributed by atoms with Crippen LogP contribution in [0.25, 0.3) is 80.3 Å². The Bertz CT molecular complexity index is 2930. The number of rotatable bonds is 3. The van der Waals surface area contributed by atoms with E-state index in [1.165, 1.54) is 97.0 Å². The third kappa shape index (κ3) is 4.27. The molecule has 1 heteroatoms. The molecule has 0 fully saturated rings. The standard InChI is InChI=1S/C51H36S/c1-51(2)45-27-25-34(28-43(45)44-30-42-35(29-46(44)51)24-26-41-36-14-10-11-19-47(36)52-50(41)42)31-20-22-33(23-21-31)49-39-17-8-6-15-37(39)48(32-12-4-3-5-13-32)38-16-7-9-18-40(38)49/h3-27,29-30,43H,28H2,1-2H3. The highest BCUT2D eigenvalue weighted by Crippen LogP contribution is 2.56. The molecular formula is C51H36S. The lowest BCUT2D eigenvalue weighted by molar-refractivity contribution is 0.615. The summed E-state index contributed by atoms with van der Waals surface area (Å²) < 4.78 is 2.78. The zero-order valence-corrected chi connectivity index (χ0v) is 30.1. The minimum absolute atomic E-state index is 0.00320. The summed E-state index contributed by atoms with van der Waals surface area (Å²) in [5.41, 5.74) is 12.4. The molecule has 0 bridgehead atoms. The second-order valence-electron chi connectivity index (χ2n) is 15.2. The van der Waals surface area contributed by atoms with Crippen LogP contribution in [0.5, 0.6) is 0 Å². The number of fused-ring (bicyclic) bond motifs is 10. The SMILES string of the molecule is CC1(C)C2=CC=C(c3ccc(-c4c5ccccc5c(-c5ccccc5)c5ccccc45)cc3)CC2c2cc3c(ccc4c5ccccc5sc34)cc21. The van der Waals surface area contributed by atoms with Crippen molar-refractivity contribution in [1.29, 1.82) is 0 Å². The maximum Gasteiger partial charge on any atom is 0.0433 e. The van der Waals surface area contributed by atoms with E-state index in [1.807, 2.05) is 11.3 Å². The third-order valence-corrected chi connectivity index (χ3v) is 13.3. The predicted octanol–water partition coefficient (Wildman–Crippen LogP) is 14.6. The second-order valence-corrected chi connectivity index (χ2v) is 16.2. The van der Waals surface area contributed by atoms with Gasteiger partial charge in [0.1, 0.15) is 0 Å². The van der Waals surface area contributed by atoms with Gasteiger partial charge in [-0.05, 0) is 101 Å². The van der Waals surface area contributed by atoms with Crippen molar-refractivity contribution in [2.75, 3.05) is 0 Å². The van der Waals surface area contributed by atoms with Gasteiger partial charge in [-0.2, -0.15) is 0 Å². The smallest absolute Gasteiger partial charge is 0.0433 e. The van der Waals surface area contributed by atoms with Crippen molar-refractivity contribution in [3.8, 4) is 22.3 Å². The number of hydrogen-bond donors (Lipinski definition) is 0. The maximum atomic E-state index is 2.55. The van der Waals surface area contributed by atoms with Crippen LogP contribution in [0.1, 0.15) is 42.9 Å². The van der Waals surface area contributed by atoms with Gasteiger partial charge in [0.05, 0.1) is 0 Å². The lowest BCUT2D eigenvalue weighted by atomic mass is 9.76. The molecule has 0 radical (unpaired) electrons. The van der Waals surface area contributed by atoms with Gasteiger partial charge in [0.2, 0.25) is 0 Å². The van der Waals surface area contributed by atoms with E-state index < -0.39 is 0 Å². The second kappa shape index (κ2) is 11.1. The molecule has 11 rings (SSSR count). The molecule has 0 aliphatic heterocycles. The summed E-state index contributed by atoms with van der Waals surface area (Å²) in [5.74, 6) is 0.386. The summed E-state index contributed by atoms with van der Waals surface area (Å²) in [6.07, 6.45) is 5.87. The van der Waals surface area contributed by atoms with Gasteiger partial charge in [-0.1, -0.05) is 165 Å². The number of hydrogen-bond acceptors (Lipinski definition) is 1. The van der Waals surface area contributed by atoms with Crippen molar-refractivity contribution in [2.24, 2.45) is 0 Å². The first-order chi connectivity index (χ1) is 25.5. The van der Waals surface area contributed by atoms with Gasteiger partial charge in [-0.15, -0.1) is 11.3 Å². The van der Waals surface area contributed by atoms with E-state index in [1.54, 1.807) is 5.57 Å². The van der Waals surface area contributed by atoms with E-state index in [-0.39, 0.29) is 5.41 Å². The van der Waals surface area contributed by atoms with Gasteiger partial charge in [-0.25, -0.2) is 0 Å². The third-order valence-electron chi connectivity index (χ3n) is 12.1. The average molecular weight is 681 g/mol. The number of allylic oxidation sites excluding steroid dienone is 4. The molecule has 1 atom stereocenters. The Morgan fingerprint density at radius 1 is 0.500 bits per heavy atom. The summed E-state index contributed by atoms with van der Waals surface area (Å²) in [6.45, 7) is 4.85. The largest absolute Gasteiger partial charge is 0.135 e. The summed E-state index contributed by atoms with van der Waals surface area (Å²) in [5, 5.41) is 10.7. The normalized spacial score (nSPS) is 16.4. The van der Waals surface area contributed by atoms with E-state index in [4.69, 9.17) is 0 Å². The molecule has 0 saturated carbocycles. The van der Waals surface area contributed by atoms with Crippen LogP contribution in [0.2, 0.25) is 0 Å². The fourth-order valence-corrected chi connectivity index (χ4v) is 10.8. The molecule has 0 saturated heterocycles. The monoisotopic (exact) mass is 680 g/mol. The van der Waals surface area contributed by atoms with Crippen LogP contribution in [-0.4, -0.2) is 0 Å². The Labute approximate surface area is 308 Å². The Morgan fingerprint density at radius 2 is 1.08 bits per heavy atom. The quantitative estimate of drug-likeness (QED) is 0.163. The van der Waals surface area contributed by atoms with Crippen LogP contribution in [-0.2, 0) is 5.41 Å². The fourth-order valence-electron chi connectivity index (χ4n) is 9.60. The molecule has 52 heavy (non-hydrogen) atoms. The molecule has 8 aromatic carbocycles. The zero-order valence-electron chi connectivity index (χ0n) is 29.3. The summed E-state index contributed by atoms with van der Waals surface area (Å²) in [7, 11) is 0. The molecule has 2 aliphatic rings. The summed E-state index contributed by atoms with van der Waals surface area (Å²) in [4.78, 5) is 0. The Balaban J connectivity index is 1.00. The molecule has 2 aliphatic carbocycles. The van der Waals surface area contributed by atoms with E-state index in [0.717, 1.165) is 6.42 Å². The van der Waals surface area contributed by atoms with Gasteiger partial charge >= 0.3 is 0 Å². The van der Waals surface area contributed by atoms with Crippen LogP contribution in [0, 0.1) is 0 Å². The first kappa shape index (κ1) is 29.9. The van der Waals surface area contributed by atoms with Gasteiger partial charge in [0, 0.05) is 31.5 Å². The van der Waals surface area contributed by atoms with E-state index in [2.05, 4.69) is 178 Å². The summed E-state index contributed by atoms with van der Waals surface area (Å²) in [6, 6.07) is 56.7. The average Bonchev–Trinajstić information content (AvgIpc) is 3.68. The first-order valence-electron chi connectivity index (χ1n) is 18.4. The highest BCUT2D eigenvalue weighted by Gasteiger charge is 2.43. The fraction of sp³-hybridized carbons (Fsp3) is 0.0980. The number of benzene rings is 8. The highest BCUT2D eigenvalue weighted by atomic mass is 32.1. The van der Waals surface area contributed by atoms with Crippen molar-refractivity contribution in [3.63, 3.8) is 0 Å². The molecule has 9 aromatic rings. The Morgan fingerprint density at radius 3 is 1.75 bits per heavy atom. The molecule has 0 nitrogen and oxygen atoms in total. The van der Waals surface area contributed by atoms with Gasteiger partial charge in [0.15, 0.2) is 0 Å². The summed E-state index contributed by atoms with van der Waals surface area (Å²) >= 11 is 1.94. The van der Waals surface area contributed by atoms with Crippen LogP contribution < -0.4 is 0 Å². The zero-order chi connectivity index (χ0) is 34.6. The van der Waals surface area contributed by atoms with E-state index in [0.29, 0.717) is 5.92 Å². The molecule has 1 unspecified atom stereocenters. The predicted molar refractivity (Wildman–Crippen MR) is 226 cm³/mol. The lowest BCUT2D eigenvalue weighted by Gasteiger charge is -2.27. The van der Waals surface area contributed by atoms with Crippen LogP contribution in [0.3, 0.4) is 0 Å². The van der Waals surface area contributed by atoms with Gasteiger partial charge in [0.25, 0.3) is 0 Å². The van der Waals surface area contributed by atoms with E-state index in [9.17, 15) is 0 Å². The van der Waals surface area contributed by atoms with Gasteiger partial charge in [-0.3, -0.25) is 0 Å². The minimum Gasteiger partial charge on any atom is -0.135 e. The molecule has 246 valence electrons. The molecule has 1 aromatic heterocycles. The van der Waals surface area contributed by atoms with Crippen molar-refractivity contribution in [3.05, 3.63) is 186 Å². The highest BCUT2D eigenvalue weighted by molar-refractivity contribution is 7.26. The maximum absolute atomic E-state index is 2.55.